The standard InChI is InChI=1S/C20H22FNO4/c1-25-17-8-4-3-6-14(17)19(22-11-5-7-16(22)20(23)24)15-12-13(21)9-10-18(15)26-2/h3-4,6,8-10,12,16,19H,5,7,11H2,1-2H3,(H,23,24). The molecule has 2 atom stereocenters. The molecule has 1 heterocycles. The highest BCUT2D eigenvalue weighted by Gasteiger charge is 2.39. The molecule has 1 N–H and O–H groups in total. The molecule has 138 valence electrons. The van der Waals surface area contributed by atoms with Crippen molar-refractivity contribution in [1.29, 1.82) is 0 Å². The number of nitrogens with zero attached hydrogens (tertiary/aromatic N) is 1. The van der Waals surface area contributed by atoms with Gasteiger partial charge in [-0.1, -0.05) is 18.2 Å². The summed E-state index contributed by atoms with van der Waals surface area (Å²) >= 11 is 0. The van der Waals surface area contributed by atoms with E-state index in [-0.39, 0.29) is 0 Å². The summed E-state index contributed by atoms with van der Waals surface area (Å²) in [5.74, 6) is -0.136. The van der Waals surface area contributed by atoms with Crippen molar-refractivity contribution in [3.63, 3.8) is 0 Å². The maximum absolute atomic E-state index is 14.1. The van der Waals surface area contributed by atoms with E-state index >= 15 is 0 Å². The molecular weight excluding hydrogens is 337 g/mol. The highest BCUT2D eigenvalue weighted by molar-refractivity contribution is 5.74. The van der Waals surface area contributed by atoms with E-state index in [4.69, 9.17) is 9.47 Å². The number of carboxylic acids is 1. The molecule has 1 aliphatic rings. The minimum atomic E-state index is -0.877. The lowest BCUT2D eigenvalue weighted by molar-refractivity contribution is -0.142. The second kappa shape index (κ2) is 7.74. The van der Waals surface area contributed by atoms with Crippen LogP contribution in [-0.4, -0.2) is 42.8 Å². The number of para-hydroxylation sites is 1. The van der Waals surface area contributed by atoms with Gasteiger partial charge >= 0.3 is 5.97 Å². The Kier molecular flexibility index (Phi) is 5.42. The first kappa shape index (κ1) is 18.2. The average molecular weight is 359 g/mol. The number of likely N-dealkylation sites (tertiary alicyclic amines) is 1. The van der Waals surface area contributed by atoms with Crippen molar-refractivity contribution in [2.45, 2.75) is 24.9 Å². The van der Waals surface area contributed by atoms with E-state index in [1.807, 2.05) is 29.2 Å². The van der Waals surface area contributed by atoms with Gasteiger partial charge in [0.1, 0.15) is 23.4 Å². The number of aliphatic carboxylic acids is 1. The van der Waals surface area contributed by atoms with E-state index in [0.29, 0.717) is 30.0 Å². The number of halogens is 1. The maximum Gasteiger partial charge on any atom is 0.320 e. The fourth-order valence-electron chi connectivity index (χ4n) is 3.70. The first-order valence-electron chi connectivity index (χ1n) is 8.51. The zero-order chi connectivity index (χ0) is 18.7. The van der Waals surface area contributed by atoms with Crippen LogP contribution in [0, 0.1) is 5.82 Å². The Bertz CT molecular complexity index is 795. The van der Waals surface area contributed by atoms with E-state index in [9.17, 15) is 14.3 Å². The summed E-state index contributed by atoms with van der Waals surface area (Å²) in [7, 11) is 3.09. The number of rotatable bonds is 6. The third kappa shape index (κ3) is 3.37. The lowest BCUT2D eigenvalue weighted by Gasteiger charge is -2.33. The lowest BCUT2D eigenvalue weighted by atomic mass is 9.94. The molecule has 0 aliphatic carbocycles. The van der Waals surface area contributed by atoms with Crippen LogP contribution in [-0.2, 0) is 4.79 Å². The smallest absolute Gasteiger partial charge is 0.320 e. The predicted molar refractivity (Wildman–Crippen MR) is 95.2 cm³/mol. The molecule has 2 aromatic carbocycles. The SMILES string of the molecule is COc1ccccc1C(c1cc(F)ccc1OC)N1CCCC1C(=O)O. The number of carbonyl (C=O) groups is 1. The molecule has 1 saturated heterocycles. The highest BCUT2D eigenvalue weighted by atomic mass is 19.1. The van der Waals surface area contributed by atoms with Crippen LogP contribution in [0.25, 0.3) is 0 Å². The third-order valence-electron chi connectivity index (χ3n) is 4.83. The van der Waals surface area contributed by atoms with Crippen LogP contribution in [0.2, 0.25) is 0 Å². The first-order chi connectivity index (χ1) is 12.6. The molecule has 0 amide bonds. The highest BCUT2D eigenvalue weighted by Crippen LogP contribution is 2.42. The minimum absolute atomic E-state index is 0.397. The summed E-state index contributed by atoms with van der Waals surface area (Å²) < 4.78 is 25.0. The summed E-state index contributed by atoms with van der Waals surface area (Å²) in [6.45, 7) is 0.597. The van der Waals surface area contributed by atoms with Crippen molar-refractivity contribution < 1.29 is 23.8 Å². The number of hydrogen-bond acceptors (Lipinski definition) is 4. The van der Waals surface area contributed by atoms with Crippen LogP contribution in [0.15, 0.2) is 42.5 Å². The Hall–Kier alpha value is -2.60. The van der Waals surface area contributed by atoms with E-state index in [1.54, 1.807) is 13.2 Å². The molecule has 0 bridgehead atoms. The van der Waals surface area contributed by atoms with Gasteiger partial charge in [-0.15, -0.1) is 0 Å². The quantitative estimate of drug-likeness (QED) is 0.856. The predicted octanol–water partition coefficient (Wildman–Crippen LogP) is 3.48. The van der Waals surface area contributed by atoms with Gasteiger partial charge in [0.2, 0.25) is 0 Å². The molecule has 5 nitrogen and oxygen atoms in total. The number of hydrogen-bond donors (Lipinski definition) is 1. The van der Waals surface area contributed by atoms with Gasteiger partial charge in [-0.2, -0.15) is 0 Å². The monoisotopic (exact) mass is 359 g/mol. The zero-order valence-corrected chi connectivity index (χ0v) is 14.8. The van der Waals surface area contributed by atoms with Crippen LogP contribution in [0.5, 0.6) is 11.5 Å². The third-order valence-corrected chi connectivity index (χ3v) is 4.83. The van der Waals surface area contributed by atoms with E-state index in [0.717, 1.165) is 12.0 Å². The number of carboxylic acid groups (broad SMARTS) is 1. The Labute approximate surface area is 152 Å². The molecule has 2 aromatic rings. The van der Waals surface area contributed by atoms with Gasteiger partial charge in [0, 0.05) is 17.7 Å². The largest absolute Gasteiger partial charge is 0.496 e. The van der Waals surface area contributed by atoms with Gasteiger partial charge in [-0.05, 0) is 37.1 Å². The molecule has 26 heavy (non-hydrogen) atoms. The van der Waals surface area contributed by atoms with Gasteiger partial charge < -0.3 is 14.6 Å². The lowest BCUT2D eigenvalue weighted by Crippen LogP contribution is -2.39. The van der Waals surface area contributed by atoms with Crippen molar-refractivity contribution in [2.24, 2.45) is 0 Å². The van der Waals surface area contributed by atoms with Gasteiger partial charge in [-0.3, -0.25) is 9.69 Å². The van der Waals surface area contributed by atoms with Crippen molar-refractivity contribution in [3.8, 4) is 11.5 Å². The van der Waals surface area contributed by atoms with E-state index < -0.39 is 23.9 Å². The molecule has 6 heteroatoms. The summed E-state index contributed by atoms with van der Waals surface area (Å²) in [6, 6.07) is 10.6. The van der Waals surface area contributed by atoms with Gasteiger partial charge in [-0.25, -0.2) is 4.39 Å². The fraction of sp³-hybridized carbons (Fsp3) is 0.350. The molecule has 2 unspecified atom stereocenters. The van der Waals surface area contributed by atoms with Gasteiger partial charge in [0.05, 0.1) is 20.3 Å². The Morgan fingerprint density at radius 3 is 2.54 bits per heavy atom. The summed E-state index contributed by atoms with van der Waals surface area (Å²) in [6.07, 6.45) is 1.32. The summed E-state index contributed by atoms with van der Waals surface area (Å²) in [4.78, 5) is 13.7. The summed E-state index contributed by atoms with van der Waals surface area (Å²) in [5.41, 5.74) is 1.37. The Morgan fingerprint density at radius 1 is 1.15 bits per heavy atom. The van der Waals surface area contributed by atoms with Crippen molar-refractivity contribution in [2.75, 3.05) is 20.8 Å². The second-order valence-corrected chi connectivity index (χ2v) is 6.26. The van der Waals surface area contributed by atoms with Crippen LogP contribution in [0.3, 0.4) is 0 Å². The molecule has 1 fully saturated rings. The molecule has 0 spiro atoms. The number of methoxy groups -OCH3 is 2. The maximum atomic E-state index is 14.1. The Morgan fingerprint density at radius 2 is 1.85 bits per heavy atom. The van der Waals surface area contributed by atoms with Crippen molar-refractivity contribution in [1.82, 2.24) is 4.90 Å². The van der Waals surface area contributed by atoms with Crippen LogP contribution >= 0.6 is 0 Å². The van der Waals surface area contributed by atoms with Crippen molar-refractivity contribution in [3.05, 3.63) is 59.4 Å². The van der Waals surface area contributed by atoms with E-state index in [1.165, 1.54) is 19.2 Å². The zero-order valence-electron chi connectivity index (χ0n) is 14.8. The normalized spacial score (nSPS) is 18.5. The summed E-state index contributed by atoms with van der Waals surface area (Å²) in [5, 5.41) is 9.66. The minimum Gasteiger partial charge on any atom is -0.496 e. The molecule has 3 rings (SSSR count). The molecule has 0 aromatic heterocycles. The van der Waals surface area contributed by atoms with Crippen LogP contribution < -0.4 is 9.47 Å². The van der Waals surface area contributed by atoms with Gasteiger partial charge in [0.25, 0.3) is 0 Å². The number of benzene rings is 2. The van der Waals surface area contributed by atoms with Gasteiger partial charge in [0.15, 0.2) is 0 Å². The average Bonchev–Trinajstić information content (AvgIpc) is 3.12. The molecule has 0 radical (unpaired) electrons. The molecule has 1 aliphatic heterocycles. The van der Waals surface area contributed by atoms with Crippen molar-refractivity contribution >= 4 is 5.97 Å². The van der Waals surface area contributed by atoms with E-state index in [2.05, 4.69) is 0 Å². The number of ether oxygens (including phenoxy) is 2. The second-order valence-electron chi connectivity index (χ2n) is 6.26. The fourth-order valence-corrected chi connectivity index (χ4v) is 3.70. The Balaban J connectivity index is 2.20. The first-order valence-corrected chi connectivity index (χ1v) is 8.51. The molecule has 0 saturated carbocycles. The van der Waals surface area contributed by atoms with Crippen LogP contribution in [0.4, 0.5) is 4.39 Å². The van der Waals surface area contributed by atoms with Crippen LogP contribution in [0.1, 0.15) is 30.0 Å². The topological polar surface area (TPSA) is 59.0 Å². The molecular formula is C20H22FNO4.